The van der Waals surface area contributed by atoms with Crippen molar-refractivity contribution in [3.63, 3.8) is 0 Å². The molecule has 1 amide bonds. The van der Waals surface area contributed by atoms with Crippen molar-refractivity contribution in [2.75, 3.05) is 23.0 Å². The van der Waals surface area contributed by atoms with Gasteiger partial charge in [-0.15, -0.1) is 10.2 Å². The lowest BCUT2D eigenvalue weighted by molar-refractivity contribution is -0.113. The zero-order valence-corrected chi connectivity index (χ0v) is 18.4. The number of nitrogens with one attached hydrogen (secondary N) is 2. The Morgan fingerprint density at radius 3 is 2.38 bits per heavy atom. The minimum Gasteiger partial charge on any atom is -0.492 e. The molecule has 0 atom stereocenters. The van der Waals surface area contributed by atoms with Gasteiger partial charge in [-0.1, -0.05) is 60.3 Å². The van der Waals surface area contributed by atoms with Gasteiger partial charge in [0.15, 0.2) is 5.16 Å². The molecule has 0 saturated carbocycles. The summed E-state index contributed by atoms with van der Waals surface area (Å²) in [7, 11) is 0. The van der Waals surface area contributed by atoms with Gasteiger partial charge in [0.05, 0.1) is 23.7 Å². The van der Waals surface area contributed by atoms with Gasteiger partial charge < -0.3 is 15.4 Å². The smallest absolute Gasteiger partial charge is 0.234 e. The number of hydrogen-bond donors (Lipinski definition) is 2. The third-order valence-corrected chi connectivity index (χ3v) is 5.40. The lowest BCUT2D eigenvalue weighted by atomic mass is 10.3. The van der Waals surface area contributed by atoms with Crippen LogP contribution in [0.3, 0.4) is 0 Å². The van der Waals surface area contributed by atoms with E-state index in [1.807, 2.05) is 96.4 Å². The second kappa shape index (κ2) is 10.5. The van der Waals surface area contributed by atoms with Crippen molar-refractivity contribution in [3.8, 4) is 11.4 Å². The molecule has 7 nitrogen and oxygen atoms in total. The molecule has 162 valence electrons. The Hall–Kier alpha value is -3.78. The zero-order valence-electron chi connectivity index (χ0n) is 17.6. The number of para-hydroxylation sites is 4. The highest BCUT2D eigenvalue weighted by molar-refractivity contribution is 7.99. The van der Waals surface area contributed by atoms with E-state index in [0.29, 0.717) is 29.1 Å². The number of thioether (sulfide) groups is 1. The fraction of sp³-hybridized carbons (Fsp3) is 0.125. The summed E-state index contributed by atoms with van der Waals surface area (Å²) in [5.41, 5.74) is 2.45. The summed E-state index contributed by atoms with van der Waals surface area (Å²) in [5.74, 6) is 1.25. The Morgan fingerprint density at radius 1 is 0.938 bits per heavy atom. The molecular weight excluding hydrogens is 422 g/mol. The first-order valence-corrected chi connectivity index (χ1v) is 11.2. The molecule has 0 spiro atoms. The number of carbonyl (C=O) groups excluding carboxylic acids is 1. The summed E-state index contributed by atoms with van der Waals surface area (Å²) in [5, 5.41) is 15.5. The fourth-order valence-electron chi connectivity index (χ4n) is 3.07. The van der Waals surface area contributed by atoms with E-state index in [0.717, 1.165) is 11.4 Å². The number of nitrogens with zero attached hydrogens (tertiary/aromatic N) is 3. The topological polar surface area (TPSA) is 81.1 Å². The van der Waals surface area contributed by atoms with Crippen molar-refractivity contribution >= 4 is 35.0 Å². The van der Waals surface area contributed by atoms with Crippen molar-refractivity contribution < 1.29 is 9.53 Å². The number of carbonyl (C=O) groups is 1. The molecule has 8 heteroatoms. The molecule has 0 aliphatic rings. The Kier molecular flexibility index (Phi) is 7.04. The van der Waals surface area contributed by atoms with Crippen LogP contribution in [-0.2, 0) is 4.79 Å². The third-order valence-electron chi connectivity index (χ3n) is 4.47. The first-order valence-electron chi connectivity index (χ1n) is 10.2. The van der Waals surface area contributed by atoms with Crippen LogP contribution in [0.5, 0.6) is 5.75 Å². The first kappa shape index (κ1) is 21.5. The maximum Gasteiger partial charge on any atom is 0.234 e. The van der Waals surface area contributed by atoms with Crippen LogP contribution in [-0.4, -0.2) is 33.0 Å². The number of hydrogen-bond acceptors (Lipinski definition) is 6. The van der Waals surface area contributed by atoms with Gasteiger partial charge in [0, 0.05) is 5.69 Å². The maximum absolute atomic E-state index is 12.6. The molecule has 1 heterocycles. The van der Waals surface area contributed by atoms with Crippen LogP contribution in [0.1, 0.15) is 6.92 Å². The monoisotopic (exact) mass is 445 g/mol. The van der Waals surface area contributed by atoms with Crippen molar-refractivity contribution in [1.82, 2.24) is 14.8 Å². The van der Waals surface area contributed by atoms with Crippen LogP contribution in [0.2, 0.25) is 0 Å². The van der Waals surface area contributed by atoms with Crippen LogP contribution in [0.4, 0.5) is 17.3 Å². The average Bonchev–Trinajstić information content (AvgIpc) is 3.22. The van der Waals surface area contributed by atoms with Crippen molar-refractivity contribution in [3.05, 3.63) is 84.9 Å². The van der Waals surface area contributed by atoms with Gasteiger partial charge in [-0.25, -0.2) is 0 Å². The van der Waals surface area contributed by atoms with Crippen LogP contribution >= 0.6 is 11.8 Å². The number of ether oxygens (including phenoxy) is 1. The van der Waals surface area contributed by atoms with E-state index in [-0.39, 0.29) is 11.7 Å². The van der Waals surface area contributed by atoms with Gasteiger partial charge in [-0.2, -0.15) is 0 Å². The van der Waals surface area contributed by atoms with Gasteiger partial charge in [0.2, 0.25) is 11.9 Å². The second-order valence-corrected chi connectivity index (χ2v) is 7.68. The van der Waals surface area contributed by atoms with Crippen LogP contribution < -0.4 is 15.4 Å². The molecule has 0 unspecified atom stereocenters. The molecule has 0 aliphatic heterocycles. The number of aromatic nitrogens is 3. The standard InChI is InChI=1S/C24H23N5O2S/c1-2-31-21-16-10-9-15-20(21)26-22(30)17-32-24-28-27-23(25-18-11-5-3-6-12-18)29(24)19-13-7-4-8-14-19/h3-16H,2,17H2,1H3,(H,25,27)(H,26,30). The van der Waals surface area contributed by atoms with Gasteiger partial charge >= 0.3 is 0 Å². The van der Waals surface area contributed by atoms with Crippen molar-refractivity contribution in [1.29, 1.82) is 0 Å². The van der Waals surface area contributed by atoms with Crippen molar-refractivity contribution in [2.24, 2.45) is 0 Å². The van der Waals surface area contributed by atoms with Gasteiger partial charge in [-0.3, -0.25) is 9.36 Å². The molecule has 0 fully saturated rings. The molecule has 0 bridgehead atoms. The van der Waals surface area contributed by atoms with E-state index in [1.165, 1.54) is 11.8 Å². The van der Waals surface area contributed by atoms with Gasteiger partial charge in [0.25, 0.3) is 0 Å². The predicted molar refractivity (Wildman–Crippen MR) is 128 cm³/mol. The molecular formula is C24H23N5O2S. The van der Waals surface area contributed by atoms with Gasteiger partial charge in [-0.05, 0) is 43.3 Å². The molecule has 3 aromatic carbocycles. The summed E-state index contributed by atoms with van der Waals surface area (Å²) in [4.78, 5) is 12.6. The molecule has 1 aromatic heterocycles. The van der Waals surface area contributed by atoms with Crippen LogP contribution in [0.25, 0.3) is 5.69 Å². The number of rotatable bonds is 9. The summed E-state index contributed by atoms with van der Waals surface area (Å²) in [6, 6.07) is 27.0. The summed E-state index contributed by atoms with van der Waals surface area (Å²) >= 11 is 1.32. The third kappa shape index (κ3) is 5.28. The fourth-order valence-corrected chi connectivity index (χ4v) is 3.82. The summed E-state index contributed by atoms with van der Waals surface area (Å²) in [6.45, 7) is 2.44. The van der Waals surface area contributed by atoms with Crippen LogP contribution in [0, 0.1) is 0 Å². The largest absolute Gasteiger partial charge is 0.492 e. The molecule has 32 heavy (non-hydrogen) atoms. The second-order valence-electron chi connectivity index (χ2n) is 6.73. The summed E-state index contributed by atoms with van der Waals surface area (Å²) in [6.07, 6.45) is 0. The normalized spacial score (nSPS) is 10.5. The van der Waals surface area contributed by atoms with Gasteiger partial charge in [0.1, 0.15) is 5.75 Å². The Balaban J connectivity index is 1.52. The highest BCUT2D eigenvalue weighted by Crippen LogP contribution is 2.28. The highest BCUT2D eigenvalue weighted by atomic mass is 32.2. The molecule has 0 aliphatic carbocycles. The minimum absolute atomic E-state index is 0.151. The summed E-state index contributed by atoms with van der Waals surface area (Å²) < 4.78 is 7.48. The van der Waals surface area contributed by atoms with Crippen LogP contribution in [0.15, 0.2) is 90.1 Å². The molecule has 4 rings (SSSR count). The van der Waals surface area contributed by atoms with E-state index in [2.05, 4.69) is 20.8 Å². The Bertz CT molecular complexity index is 1170. The van der Waals surface area contributed by atoms with E-state index >= 15 is 0 Å². The quantitative estimate of drug-likeness (QED) is 0.347. The molecule has 0 radical (unpaired) electrons. The number of amides is 1. The minimum atomic E-state index is -0.151. The number of benzene rings is 3. The van der Waals surface area contributed by atoms with E-state index < -0.39 is 0 Å². The van der Waals surface area contributed by atoms with E-state index in [9.17, 15) is 4.79 Å². The number of anilines is 3. The maximum atomic E-state index is 12.6. The molecule has 4 aromatic rings. The molecule has 2 N–H and O–H groups in total. The SMILES string of the molecule is CCOc1ccccc1NC(=O)CSc1nnc(Nc2ccccc2)n1-c1ccccc1. The highest BCUT2D eigenvalue weighted by Gasteiger charge is 2.16. The lowest BCUT2D eigenvalue weighted by Crippen LogP contribution is -2.15. The van der Waals surface area contributed by atoms with Crippen molar-refractivity contribution in [2.45, 2.75) is 12.1 Å². The average molecular weight is 446 g/mol. The zero-order chi connectivity index (χ0) is 22.2. The van der Waals surface area contributed by atoms with E-state index in [1.54, 1.807) is 0 Å². The predicted octanol–water partition coefficient (Wildman–Crippen LogP) is 5.14. The first-order chi connectivity index (χ1) is 15.7. The van der Waals surface area contributed by atoms with E-state index in [4.69, 9.17) is 4.74 Å². The lowest BCUT2D eigenvalue weighted by Gasteiger charge is -2.12. The Morgan fingerprint density at radius 2 is 1.62 bits per heavy atom. The molecule has 0 saturated heterocycles. The Labute approximate surface area is 190 Å².